The fourth-order valence-corrected chi connectivity index (χ4v) is 2.23. The summed E-state index contributed by atoms with van der Waals surface area (Å²) in [5, 5.41) is 11.1. The van der Waals surface area contributed by atoms with Gasteiger partial charge in [-0.15, -0.1) is 10.2 Å². The summed E-state index contributed by atoms with van der Waals surface area (Å²) in [6.45, 7) is 3.08. The van der Waals surface area contributed by atoms with E-state index < -0.39 is 0 Å². The average molecular weight is 279 g/mol. The molecule has 0 radical (unpaired) electrons. The Labute approximate surface area is 123 Å². The minimum Gasteiger partial charge on any atom is -0.423 e. The van der Waals surface area contributed by atoms with Crippen LogP contribution >= 0.6 is 0 Å². The van der Waals surface area contributed by atoms with Gasteiger partial charge in [0.05, 0.1) is 0 Å². The number of hydrogen-bond donors (Lipinski definition) is 1. The fraction of sp³-hybridized carbons (Fsp3) is 0.176. The van der Waals surface area contributed by atoms with Crippen LogP contribution in [0.1, 0.15) is 18.4 Å². The van der Waals surface area contributed by atoms with Crippen LogP contribution in [0.25, 0.3) is 11.5 Å². The first-order valence-electron chi connectivity index (χ1n) is 6.98. The van der Waals surface area contributed by atoms with Crippen molar-refractivity contribution in [3.63, 3.8) is 0 Å². The Morgan fingerprint density at radius 2 is 1.95 bits per heavy atom. The highest BCUT2D eigenvalue weighted by molar-refractivity contribution is 5.60. The molecule has 0 fully saturated rings. The number of benzene rings is 2. The molecule has 0 saturated heterocycles. The zero-order valence-electron chi connectivity index (χ0n) is 11.9. The van der Waals surface area contributed by atoms with E-state index in [0.29, 0.717) is 11.8 Å². The maximum absolute atomic E-state index is 5.22. The van der Waals surface area contributed by atoms with Crippen LogP contribution in [0.15, 0.2) is 65.4 Å². The summed E-state index contributed by atoms with van der Waals surface area (Å²) in [5.41, 5.74) is 3.30. The highest BCUT2D eigenvalue weighted by Crippen LogP contribution is 2.21. The molecule has 2 aromatic carbocycles. The van der Waals surface area contributed by atoms with E-state index in [-0.39, 0.29) is 0 Å². The molecule has 0 saturated carbocycles. The number of nitrogens with zero attached hydrogens (tertiary/aromatic N) is 2. The van der Waals surface area contributed by atoms with Crippen LogP contribution in [0.2, 0.25) is 0 Å². The SMILES string of the molecule is C[C@@H](CNc1cccc(-c2nnco2)c1)c1ccccc1. The monoisotopic (exact) mass is 279 g/mol. The Balaban J connectivity index is 1.67. The highest BCUT2D eigenvalue weighted by atomic mass is 16.4. The highest BCUT2D eigenvalue weighted by Gasteiger charge is 2.06. The lowest BCUT2D eigenvalue weighted by Gasteiger charge is -2.14. The Bertz CT molecular complexity index is 680. The standard InChI is InChI=1S/C17H17N3O/c1-13(14-6-3-2-4-7-14)11-18-16-9-5-8-15(10-16)17-20-19-12-21-17/h2-10,12-13,18H,11H2,1H3/t13-/m0/s1. The summed E-state index contributed by atoms with van der Waals surface area (Å²) in [4.78, 5) is 0. The van der Waals surface area contributed by atoms with Crippen molar-refractivity contribution < 1.29 is 4.42 Å². The Morgan fingerprint density at radius 1 is 1.10 bits per heavy atom. The van der Waals surface area contributed by atoms with Crippen LogP contribution in [-0.4, -0.2) is 16.7 Å². The number of nitrogens with one attached hydrogen (secondary N) is 1. The van der Waals surface area contributed by atoms with E-state index >= 15 is 0 Å². The van der Waals surface area contributed by atoms with Gasteiger partial charge >= 0.3 is 0 Å². The van der Waals surface area contributed by atoms with E-state index in [1.807, 2.05) is 30.3 Å². The van der Waals surface area contributed by atoms with Gasteiger partial charge in [0.15, 0.2) is 0 Å². The normalized spacial score (nSPS) is 12.0. The van der Waals surface area contributed by atoms with Crippen LogP contribution < -0.4 is 5.32 Å². The first-order valence-corrected chi connectivity index (χ1v) is 6.98. The van der Waals surface area contributed by atoms with Gasteiger partial charge in [-0.3, -0.25) is 0 Å². The average Bonchev–Trinajstić information content (AvgIpc) is 3.08. The number of aromatic nitrogens is 2. The summed E-state index contributed by atoms with van der Waals surface area (Å²) in [5.74, 6) is 0.980. The second-order valence-corrected chi connectivity index (χ2v) is 5.02. The molecule has 1 aromatic heterocycles. The first-order chi connectivity index (χ1) is 10.3. The van der Waals surface area contributed by atoms with Gasteiger partial charge < -0.3 is 9.73 Å². The van der Waals surface area contributed by atoms with Gasteiger partial charge in [0.1, 0.15) is 0 Å². The molecule has 3 rings (SSSR count). The molecular weight excluding hydrogens is 262 g/mol. The molecule has 4 heteroatoms. The summed E-state index contributed by atoms with van der Waals surface area (Å²) in [6, 6.07) is 18.5. The van der Waals surface area contributed by atoms with E-state index in [1.165, 1.54) is 12.0 Å². The lowest BCUT2D eigenvalue weighted by atomic mass is 10.0. The molecule has 4 nitrogen and oxygen atoms in total. The van der Waals surface area contributed by atoms with Gasteiger partial charge in [0.2, 0.25) is 12.3 Å². The molecule has 106 valence electrons. The van der Waals surface area contributed by atoms with E-state index in [4.69, 9.17) is 4.42 Å². The van der Waals surface area contributed by atoms with Crippen molar-refractivity contribution in [2.24, 2.45) is 0 Å². The topological polar surface area (TPSA) is 51.0 Å². The second kappa shape index (κ2) is 6.22. The lowest BCUT2D eigenvalue weighted by molar-refractivity contribution is 0.568. The van der Waals surface area contributed by atoms with E-state index in [1.54, 1.807) is 0 Å². The molecule has 0 aliphatic carbocycles. The summed E-state index contributed by atoms with van der Waals surface area (Å²) >= 11 is 0. The van der Waals surface area contributed by atoms with Gasteiger partial charge in [-0.05, 0) is 29.7 Å². The summed E-state index contributed by atoms with van der Waals surface area (Å²) in [6.07, 6.45) is 1.34. The van der Waals surface area contributed by atoms with Crippen LogP contribution in [0.4, 0.5) is 5.69 Å². The van der Waals surface area contributed by atoms with Crippen molar-refractivity contribution in [2.45, 2.75) is 12.8 Å². The van der Waals surface area contributed by atoms with Crippen molar-refractivity contribution in [1.82, 2.24) is 10.2 Å². The molecule has 1 heterocycles. The minimum absolute atomic E-state index is 0.443. The predicted molar refractivity (Wildman–Crippen MR) is 83.1 cm³/mol. The molecule has 1 N–H and O–H groups in total. The van der Waals surface area contributed by atoms with Gasteiger partial charge in [-0.25, -0.2) is 0 Å². The van der Waals surface area contributed by atoms with E-state index in [2.05, 4.69) is 46.7 Å². The molecule has 0 aliphatic heterocycles. The number of rotatable bonds is 5. The predicted octanol–water partition coefficient (Wildman–Crippen LogP) is 3.95. The van der Waals surface area contributed by atoms with Crippen LogP contribution in [-0.2, 0) is 0 Å². The third-order valence-corrected chi connectivity index (χ3v) is 3.45. The van der Waals surface area contributed by atoms with Gasteiger partial charge in [0.25, 0.3) is 0 Å². The summed E-state index contributed by atoms with van der Waals surface area (Å²) < 4.78 is 5.22. The Hall–Kier alpha value is -2.62. The zero-order chi connectivity index (χ0) is 14.5. The molecule has 0 aliphatic rings. The quantitative estimate of drug-likeness (QED) is 0.768. The maximum Gasteiger partial charge on any atom is 0.247 e. The molecule has 3 aromatic rings. The third kappa shape index (κ3) is 3.28. The van der Waals surface area contributed by atoms with Crippen LogP contribution in [0.5, 0.6) is 0 Å². The molecule has 0 spiro atoms. The van der Waals surface area contributed by atoms with Crippen LogP contribution in [0, 0.1) is 0 Å². The van der Waals surface area contributed by atoms with Crippen LogP contribution in [0.3, 0.4) is 0 Å². The van der Waals surface area contributed by atoms with Gasteiger partial charge in [-0.2, -0.15) is 0 Å². The third-order valence-electron chi connectivity index (χ3n) is 3.45. The lowest BCUT2D eigenvalue weighted by Crippen LogP contribution is -2.09. The first kappa shape index (κ1) is 13.4. The second-order valence-electron chi connectivity index (χ2n) is 5.02. The van der Waals surface area contributed by atoms with Crippen molar-refractivity contribution in [1.29, 1.82) is 0 Å². The van der Waals surface area contributed by atoms with Crippen molar-refractivity contribution in [2.75, 3.05) is 11.9 Å². The van der Waals surface area contributed by atoms with Crippen molar-refractivity contribution in [3.05, 3.63) is 66.6 Å². The molecule has 21 heavy (non-hydrogen) atoms. The largest absolute Gasteiger partial charge is 0.423 e. The molecule has 0 bridgehead atoms. The van der Waals surface area contributed by atoms with E-state index in [9.17, 15) is 0 Å². The molecular formula is C17H17N3O. The number of anilines is 1. The molecule has 1 atom stereocenters. The summed E-state index contributed by atoms with van der Waals surface area (Å²) in [7, 11) is 0. The molecule has 0 amide bonds. The van der Waals surface area contributed by atoms with Crippen molar-refractivity contribution >= 4 is 5.69 Å². The minimum atomic E-state index is 0.443. The zero-order valence-corrected chi connectivity index (χ0v) is 11.9. The van der Waals surface area contributed by atoms with Gasteiger partial charge in [-0.1, -0.05) is 43.3 Å². The van der Waals surface area contributed by atoms with E-state index in [0.717, 1.165) is 17.8 Å². The fourth-order valence-electron chi connectivity index (χ4n) is 2.23. The number of hydrogen-bond acceptors (Lipinski definition) is 4. The van der Waals surface area contributed by atoms with Gasteiger partial charge in [0, 0.05) is 17.8 Å². The Morgan fingerprint density at radius 3 is 2.71 bits per heavy atom. The Kier molecular flexibility index (Phi) is 3.96. The maximum atomic E-state index is 5.22. The smallest absolute Gasteiger partial charge is 0.247 e. The molecule has 0 unspecified atom stereocenters. The van der Waals surface area contributed by atoms with Crippen molar-refractivity contribution in [3.8, 4) is 11.5 Å².